The third kappa shape index (κ3) is 4.02. The molecule has 0 unspecified atom stereocenters. The summed E-state index contributed by atoms with van der Waals surface area (Å²) in [4.78, 5) is 25.4. The fraction of sp³-hybridized carbons (Fsp3) is 0.800. The Labute approximate surface area is 206 Å². The smallest absolute Gasteiger partial charge is 0.302 e. The van der Waals surface area contributed by atoms with E-state index < -0.39 is 11.0 Å². The number of hydrogen-bond acceptors (Lipinski definition) is 4. The zero-order valence-corrected chi connectivity index (χ0v) is 22.4. The highest BCUT2D eigenvalue weighted by Gasteiger charge is 2.62. The van der Waals surface area contributed by atoms with Crippen LogP contribution in [0.4, 0.5) is 0 Å². The topological polar surface area (TPSA) is 63.6 Å². The minimum Gasteiger partial charge on any atom is -0.462 e. The number of ether oxygens (including phenoxy) is 1. The summed E-state index contributed by atoms with van der Waals surface area (Å²) >= 11 is 0. The van der Waals surface area contributed by atoms with Crippen molar-refractivity contribution in [2.45, 2.75) is 112 Å². The molecule has 4 nitrogen and oxygen atoms in total. The largest absolute Gasteiger partial charge is 0.462 e. The molecule has 4 aliphatic carbocycles. The van der Waals surface area contributed by atoms with Crippen LogP contribution in [-0.4, -0.2) is 28.6 Å². The molecule has 0 aliphatic heterocycles. The zero-order chi connectivity index (χ0) is 25.1. The van der Waals surface area contributed by atoms with Gasteiger partial charge in [-0.2, -0.15) is 0 Å². The number of carbonyl (C=O) groups excluding carboxylic acids is 2. The number of hydrogen-bond donors (Lipinski definition) is 1. The van der Waals surface area contributed by atoms with Crippen LogP contribution in [0.5, 0.6) is 0 Å². The Morgan fingerprint density at radius 3 is 2.44 bits per heavy atom. The van der Waals surface area contributed by atoms with Gasteiger partial charge in [0, 0.05) is 30.8 Å². The first-order valence-corrected chi connectivity index (χ1v) is 13.7. The summed E-state index contributed by atoms with van der Waals surface area (Å²) in [6.07, 6.45) is 10.8. The van der Waals surface area contributed by atoms with Gasteiger partial charge in [0.2, 0.25) is 0 Å². The van der Waals surface area contributed by atoms with Gasteiger partial charge in [0.05, 0.1) is 5.60 Å². The number of carbonyl (C=O) groups is 2. The average molecular weight is 471 g/mol. The van der Waals surface area contributed by atoms with Gasteiger partial charge in [-0.1, -0.05) is 59.3 Å². The van der Waals surface area contributed by atoms with Crippen LogP contribution in [0.1, 0.15) is 99.8 Å². The van der Waals surface area contributed by atoms with E-state index in [1.54, 1.807) is 0 Å². The molecule has 1 N–H and O–H groups in total. The third-order valence-electron chi connectivity index (χ3n) is 10.6. The number of allylic oxidation sites excluding steroid dienone is 3. The average Bonchev–Trinajstić information content (AvgIpc) is 3.08. The van der Waals surface area contributed by atoms with E-state index in [0.29, 0.717) is 61.7 Å². The molecule has 34 heavy (non-hydrogen) atoms. The monoisotopic (exact) mass is 470 g/mol. The lowest BCUT2D eigenvalue weighted by atomic mass is 9.48. The van der Waals surface area contributed by atoms with Gasteiger partial charge in [0.25, 0.3) is 0 Å². The molecule has 8 atom stereocenters. The Morgan fingerprint density at radius 2 is 1.79 bits per heavy atom. The molecule has 0 bridgehead atoms. The van der Waals surface area contributed by atoms with E-state index in [1.807, 2.05) is 0 Å². The van der Waals surface area contributed by atoms with E-state index in [2.05, 4.69) is 53.7 Å². The fourth-order valence-corrected chi connectivity index (χ4v) is 8.21. The molecule has 0 aromatic heterocycles. The third-order valence-corrected chi connectivity index (χ3v) is 10.6. The maximum absolute atomic E-state index is 13.9. The SMILES string of the molecule is CC(=O)O[C@@H]1CC[C@]2(C)C3=C(CC[C@@]2(O)C1)[C@@H]1CC[C@H]([C@H](C)/C=C/[C@H](C)C(C)C)[C@@]1(C)CC3=O. The first-order chi connectivity index (χ1) is 15.8. The van der Waals surface area contributed by atoms with Crippen LogP contribution in [-0.2, 0) is 14.3 Å². The van der Waals surface area contributed by atoms with Gasteiger partial charge < -0.3 is 9.84 Å². The van der Waals surface area contributed by atoms with Crippen LogP contribution < -0.4 is 0 Å². The predicted molar refractivity (Wildman–Crippen MR) is 135 cm³/mol. The summed E-state index contributed by atoms with van der Waals surface area (Å²) < 4.78 is 5.49. The second-order valence-electron chi connectivity index (χ2n) is 12.9. The summed E-state index contributed by atoms with van der Waals surface area (Å²) in [5, 5.41) is 11.8. The van der Waals surface area contributed by atoms with E-state index in [-0.39, 0.29) is 23.3 Å². The van der Waals surface area contributed by atoms with Gasteiger partial charge in [-0.05, 0) is 73.5 Å². The minimum absolute atomic E-state index is 0.00149. The van der Waals surface area contributed by atoms with Gasteiger partial charge in [0.1, 0.15) is 6.10 Å². The summed E-state index contributed by atoms with van der Waals surface area (Å²) in [5.74, 6) is 2.58. The molecule has 190 valence electrons. The highest BCUT2D eigenvalue weighted by Crippen LogP contribution is 2.65. The van der Waals surface area contributed by atoms with Crippen molar-refractivity contribution < 1.29 is 19.4 Å². The summed E-state index contributed by atoms with van der Waals surface area (Å²) in [6, 6.07) is 0. The molecule has 4 heteroatoms. The molecule has 0 spiro atoms. The molecule has 0 saturated heterocycles. The molecule has 0 amide bonds. The number of Topliss-reactive ketones (excluding diaryl/α,β-unsaturated/α-hetero) is 1. The van der Waals surface area contributed by atoms with Gasteiger partial charge in [-0.25, -0.2) is 0 Å². The molecule has 4 aliphatic rings. The zero-order valence-electron chi connectivity index (χ0n) is 22.4. The second-order valence-corrected chi connectivity index (χ2v) is 12.9. The molecule has 0 aromatic rings. The lowest BCUT2D eigenvalue weighted by Gasteiger charge is -2.58. The predicted octanol–water partition coefficient (Wildman–Crippen LogP) is 6.42. The number of aliphatic hydroxyl groups is 1. The molecule has 0 radical (unpaired) electrons. The molecule has 2 fully saturated rings. The normalized spacial score (nSPS) is 41.8. The highest BCUT2D eigenvalue weighted by atomic mass is 16.5. The summed E-state index contributed by atoms with van der Waals surface area (Å²) in [7, 11) is 0. The Morgan fingerprint density at radius 1 is 1.09 bits per heavy atom. The van der Waals surface area contributed by atoms with E-state index in [0.717, 1.165) is 18.4 Å². The van der Waals surface area contributed by atoms with Gasteiger partial charge in [0.15, 0.2) is 5.78 Å². The quantitative estimate of drug-likeness (QED) is 0.372. The van der Waals surface area contributed by atoms with Crippen LogP contribution in [0.2, 0.25) is 0 Å². The van der Waals surface area contributed by atoms with Crippen LogP contribution in [0.3, 0.4) is 0 Å². The van der Waals surface area contributed by atoms with Gasteiger partial charge >= 0.3 is 5.97 Å². The number of rotatable bonds is 5. The number of fused-ring (bicyclic) bond motifs is 4. The number of esters is 1. The highest BCUT2D eigenvalue weighted by molar-refractivity contribution is 5.99. The molecular weight excluding hydrogens is 424 g/mol. The Balaban J connectivity index is 1.62. The van der Waals surface area contributed by atoms with Crippen molar-refractivity contribution in [1.29, 1.82) is 0 Å². The van der Waals surface area contributed by atoms with Crippen molar-refractivity contribution in [3.63, 3.8) is 0 Å². The lowest BCUT2D eigenvalue weighted by molar-refractivity contribution is -0.169. The van der Waals surface area contributed by atoms with Crippen molar-refractivity contribution in [1.82, 2.24) is 0 Å². The van der Waals surface area contributed by atoms with E-state index in [4.69, 9.17) is 4.74 Å². The second kappa shape index (κ2) is 8.91. The van der Waals surface area contributed by atoms with Crippen LogP contribution in [0.15, 0.2) is 23.3 Å². The van der Waals surface area contributed by atoms with Crippen LogP contribution in [0, 0.1) is 40.4 Å². The van der Waals surface area contributed by atoms with E-state index >= 15 is 0 Å². The summed E-state index contributed by atoms with van der Waals surface area (Å²) in [5.41, 5.74) is 0.788. The van der Waals surface area contributed by atoms with Gasteiger partial charge in [-0.15, -0.1) is 0 Å². The van der Waals surface area contributed by atoms with Crippen molar-refractivity contribution in [2.75, 3.05) is 0 Å². The first-order valence-electron chi connectivity index (χ1n) is 13.7. The van der Waals surface area contributed by atoms with Crippen molar-refractivity contribution in [2.24, 2.45) is 40.4 Å². The van der Waals surface area contributed by atoms with E-state index in [1.165, 1.54) is 18.9 Å². The van der Waals surface area contributed by atoms with E-state index in [9.17, 15) is 14.7 Å². The minimum atomic E-state index is -0.978. The summed E-state index contributed by atoms with van der Waals surface area (Å²) in [6.45, 7) is 15.1. The Hall–Kier alpha value is -1.42. The fourth-order valence-electron chi connectivity index (χ4n) is 8.21. The van der Waals surface area contributed by atoms with Crippen molar-refractivity contribution >= 4 is 11.8 Å². The van der Waals surface area contributed by atoms with Crippen molar-refractivity contribution in [3.05, 3.63) is 23.3 Å². The Bertz CT molecular complexity index is 899. The molecule has 0 aromatic carbocycles. The number of ketones is 1. The molecule has 2 saturated carbocycles. The van der Waals surface area contributed by atoms with Gasteiger partial charge in [-0.3, -0.25) is 9.59 Å². The standard InChI is InChI=1S/C30H46O4/c1-18(2)19(3)8-9-20(4)24-10-11-25-23-13-15-30(33)16-22(34-21(5)31)12-14-29(30,7)27(23)26(32)17-28(24,25)6/h8-9,18-20,22,24-25,33H,10-17H2,1-7H3/b9-8+/t19-,20+,22+,24+,25-,28+,29+,30+/m0/s1. The Kier molecular flexibility index (Phi) is 6.72. The molecular formula is C30H46O4. The molecule has 4 rings (SSSR count). The maximum Gasteiger partial charge on any atom is 0.302 e. The molecule has 0 heterocycles. The lowest BCUT2D eigenvalue weighted by Crippen LogP contribution is -2.59. The maximum atomic E-state index is 13.9. The first kappa shape index (κ1) is 25.7. The van der Waals surface area contributed by atoms with Crippen LogP contribution >= 0.6 is 0 Å². The van der Waals surface area contributed by atoms with Crippen LogP contribution in [0.25, 0.3) is 0 Å². The van der Waals surface area contributed by atoms with Crippen molar-refractivity contribution in [3.8, 4) is 0 Å².